The SMILES string of the molecule is COC(=O)CSc1nc(NN)nc(OC)n1. The molecule has 8 nitrogen and oxygen atoms in total. The molecule has 1 rings (SSSR count). The van der Waals surface area contributed by atoms with Crippen LogP contribution < -0.4 is 16.0 Å². The van der Waals surface area contributed by atoms with Crippen LogP contribution in [0.2, 0.25) is 0 Å². The molecule has 3 N–H and O–H groups in total. The monoisotopic (exact) mass is 245 g/mol. The first-order valence-corrected chi connectivity index (χ1v) is 5.14. The van der Waals surface area contributed by atoms with Gasteiger partial charge in [-0.1, -0.05) is 11.8 Å². The van der Waals surface area contributed by atoms with Gasteiger partial charge in [0.25, 0.3) is 0 Å². The third-order valence-corrected chi connectivity index (χ3v) is 2.27. The highest BCUT2D eigenvalue weighted by molar-refractivity contribution is 7.99. The summed E-state index contributed by atoms with van der Waals surface area (Å²) in [6.07, 6.45) is 0. The molecule has 1 heterocycles. The van der Waals surface area contributed by atoms with Gasteiger partial charge in [-0.25, -0.2) is 5.84 Å². The third kappa shape index (κ3) is 3.51. The fourth-order valence-corrected chi connectivity index (χ4v) is 1.40. The number of anilines is 1. The second kappa shape index (κ2) is 6.08. The summed E-state index contributed by atoms with van der Waals surface area (Å²) in [5.74, 6) is 5.07. The van der Waals surface area contributed by atoms with Gasteiger partial charge in [0, 0.05) is 0 Å². The number of hydrogen-bond acceptors (Lipinski definition) is 9. The summed E-state index contributed by atoms with van der Waals surface area (Å²) < 4.78 is 9.33. The van der Waals surface area contributed by atoms with Crippen molar-refractivity contribution in [2.24, 2.45) is 5.84 Å². The molecule has 9 heteroatoms. The van der Waals surface area contributed by atoms with Gasteiger partial charge >= 0.3 is 12.0 Å². The number of hydrazine groups is 1. The minimum absolute atomic E-state index is 0.105. The van der Waals surface area contributed by atoms with Gasteiger partial charge in [0.2, 0.25) is 5.95 Å². The number of methoxy groups -OCH3 is 2. The highest BCUT2D eigenvalue weighted by atomic mass is 32.2. The molecule has 0 amide bonds. The zero-order valence-corrected chi connectivity index (χ0v) is 9.58. The Morgan fingerprint density at radius 3 is 2.75 bits per heavy atom. The first kappa shape index (κ1) is 12.5. The number of rotatable bonds is 5. The van der Waals surface area contributed by atoms with Crippen molar-refractivity contribution in [3.8, 4) is 6.01 Å². The Hall–Kier alpha value is -1.61. The number of nitrogens with zero attached hydrogens (tertiary/aromatic N) is 3. The lowest BCUT2D eigenvalue weighted by Gasteiger charge is -2.04. The Labute approximate surface area is 95.9 Å². The van der Waals surface area contributed by atoms with Crippen LogP contribution in [0.3, 0.4) is 0 Å². The van der Waals surface area contributed by atoms with Gasteiger partial charge in [-0.15, -0.1) is 0 Å². The Balaban J connectivity index is 2.74. The summed E-state index contributed by atoms with van der Waals surface area (Å²) in [4.78, 5) is 22.6. The van der Waals surface area contributed by atoms with Crippen LogP contribution in [-0.2, 0) is 9.53 Å². The number of hydrogen-bond donors (Lipinski definition) is 2. The van der Waals surface area contributed by atoms with Crippen LogP contribution in [0.1, 0.15) is 0 Å². The molecular weight excluding hydrogens is 234 g/mol. The van der Waals surface area contributed by atoms with Gasteiger partial charge in [-0.3, -0.25) is 10.2 Å². The van der Waals surface area contributed by atoms with Gasteiger partial charge in [-0.2, -0.15) is 15.0 Å². The fraction of sp³-hybridized carbons (Fsp3) is 0.429. The van der Waals surface area contributed by atoms with E-state index in [2.05, 4.69) is 25.1 Å². The standard InChI is InChI=1S/C7H11N5O3S/c1-14-4(13)3-16-7-10-5(12-8)9-6(11-7)15-2/h3,8H2,1-2H3,(H,9,10,11,12). The van der Waals surface area contributed by atoms with Gasteiger partial charge in [0.05, 0.1) is 20.0 Å². The molecule has 0 atom stereocenters. The molecule has 0 unspecified atom stereocenters. The Bertz CT molecular complexity index is 353. The summed E-state index contributed by atoms with van der Waals surface area (Å²) >= 11 is 1.10. The molecule has 0 aromatic carbocycles. The van der Waals surface area contributed by atoms with E-state index in [9.17, 15) is 4.79 Å². The van der Waals surface area contributed by atoms with Crippen LogP contribution in [0.5, 0.6) is 6.01 Å². The molecule has 0 bridgehead atoms. The Morgan fingerprint density at radius 1 is 1.44 bits per heavy atom. The highest BCUT2D eigenvalue weighted by Gasteiger charge is 2.09. The number of nitrogen functional groups attached to an aromatic ring is 1. The predicted molar refractivity (Wildman–Crippen MR) is 56.9 cm³/mol. The number of esters is 1. The molecule has 0 fully saturated rings. The van der Waals surface area contributed by atoms with Crippen LogP contribution in [0.4, 0.5) is 5.95 Å². The van der Waals surface area contributed by atoms with Crippen molar-refractivity contribution < 1.29 is 14.3 Å². The van der Waals surface area contributed by atoms with Crippen LogP contribution in [-0.4, -0.2) is 40.9 Å². The maximum atomic E-state index is 10.9. The molecule has 0 saturated heterocycles. The lowest BCUT2D eigenvalue weighted by atomic mass is 10.8. The van der Waals surface area contributed by atoms with E-state index < -0.39 is 0 Å². The maximum Gasteiger partial charge on any atom is 0.321 e. The van der Waals surface area contributed by atoms with E-state index in [-0.39, 0.29) is 23.7 Å². The maximum absolute atomic E-state index is 10.9. The second-order valence-electron chi connectivity index (χ2n) is 2.44. The first-order valence-electron chi connectivity index (χ1n) is 4.16. The number of carbonyl (C=O) groups excluding carboxylic acids is 1. The average Bonchev–Trinajstić information content (AvgIpc) is 2.35. The van der Waals surface area contributed by atoms with Crippen molar-refractivity contribution in [2.45, 2.75) is 5.16 Å². The number of thioether (sulfide) groups is 1. The van der Waals surface area contributed by atoms with Crippen molar-refractivity contribution in [1.82, 2.24) is 15.0 Å². The zero-order valence-electron chi connectivity index (χ0n) is 8.76. The minimum atomic E-state index is -0.369. The van der Waals surface area contributed by atoms with Crippen LogP contribution in [0.25, 0.3) is 0 Å². The normalized spacial score (nSPS) is 9.69. The molecule has 0 radical (unpaired) electrons. The summed E-state index contributed by atoms with van der Waals surface area (Å²) in [6, 6.07) is 0.121. The number of ether oxygens (including phenoxy) is 2. The number of carbonyl (C=O) groups is 1. The van der Waals surface area contributed by atoms with E-state index in [1.165, 1.54) is 14.2 Å². The van der Waals surface area contributed by atoms with Crippen molar-refractivity contribution in [3.63, 3.8) is 0 Å². The summed E-state index contributed by atoms with van der Waals surface area (Å²) in [7, 11) is 2.73. The van der Waals surface area contributed by atoms with Crippen LogP contribution in [0.15, 0.2) is 5.16 Å². The highest BCUT2D eigenvalue weighted by Crippen LogP contribution is 2.16. The molecule has 16 heavy (non-hydrogen) atoms. The van der Waals surface area contributed by atoms with Crippen molar-refractivity contribution in [2.75, 3.05) is 25.4 Å². The van der Waals surface area contributed by atoms with Crippen molar-refractivity contribution >= 4 is 23.7 Å². The van der Waals surface area contributed by atoms with Gasteiger partial charge < -0.3 is 9.47 Å². The molecule has 0 aliphatic carbocycles. The molecule has 0 saturated carbocycles. The molecule has 1 aromatic rings. The van der Waals surface area contributed by atoms with E-state index in [4.69, 9.17) is 10.6 Å². The van der Waals surface area contributed by atoms with Gasteiger partial charge in [-0.05, 0) is 0 Å². The zero-order chi connectivity index (χ0) is 12.0. The summed E-state index contributed by atoms with van der Waals surface area (Å²) in [5.41, 5.74) is 2.27. The van der Waals surface area contributed by atoms with E-state index in [0.717, 1.165) is 11.8 Å². The van der Waals surface area contributed by atoms with E-state index in [1.54, 1.807) is 0 Å². The van der Waals surface area contributed by atoms with Crippen molar-refractivity contribution in [3.05, 3.63) is 0 Å². The number of nitrogens with two attached hydrogens (primary N) is 1. The van der Waals surface area contributed by atoms with Crippen LogP contribution >= 0.6 is 11.8 Å². The lowest BCUT2D eigenvalue weighted by molar-refractivity contribution is -0.137. The number of nitrogens with one attached hydrogen (secondary N) is 1. The Morgan fingerprint density at radius 2 is 2.19 bits per heavy atom. The lowest BCUT2D eigenvalue weighted by Crippen LogP contribution is -2.12. The molecule has 0 aliphatic heterocycles. The molecule has 88 valence electrons. The largest absolute Gasteiger partial charge is 0.468 e. The van der Waals surface area contributed by atoms with Crippen LogP contribution in [0, 0.1) is 0 Å². The molecular formula is C7H11N5O3S. The summed E-state index contributed by atoms with van der Waals surface area (Å²) in [6.45, 7) is 0. The summed E-state index contributed by atoms with van der Waals surface area (Å²) in [5, 5.41) is 0.324. The van der Waals surface area contributed by atoms with Crippen molar-refractivity contribution in [1.29, 1.82) is 0 Å². The second-order valence-corrected chi connectivity index (χ2v) is 3.38. The van der Waals surface area contributed by atoms with E-state index >= 15 is 0 Å². The molecule has 0 aliphatic rings. The first-order chi connectivity index (χ1) is 7.69. The third-order valence-electron chi connectivity index (χ3n) is 1.45. The molecule has 0 spiro atoms. The quantitative estimate of drug-likeness (QED) is 0.305. The van der Waals surface area contributed by atoms with E-state index in [0.29, 0.717) is 5.16 Å². The predicted octanol–water partition coefficient (Wildman–Crippen LogP) is -0.569. The molecule has 1 aromatic heterocycles. The number of aromatic nitrogens is 3. The minimum Gasteiger partial charge on any atom is -0.468 e. The Kier molecular flexibility index (Phi) is 4.73. The van der Waals surface area contributed by atoms with Gasteiger partial charge in [0.1, 0.15) is 0 Å². The van der Waals surface area contributed by atoms with E-state index in [1.807, 2.05) is 0 Å². The topological polar surface area (TPSA) is 112 Å². The average molecular weight is 245 g/mol. The van der Waals surface area contributed by atoms with Gasteiger partial charge in [0.15, 0.2) is 5.16 Å². The smallest absolute Gasteiger partial charge is 0.321 e. The fourth-order valence-electron chi connectivity index (χ4n) is 0.741.